The molecule has 0 aromatic carbocycles. The molecule has 0 spiro atoms. The normalized spacial score (nSPS) is 43.6. The van der Waals surface area contributed by atoms with E-state index >= 15 is 0 Å². The van der Waals surface area contributed by atoms with Crippen molar-refractivity contribution in [3.63, 3.8) is 0 Å². The van der Waals surface area contributed by atoms with Gasteiger partial charge in [0.05, 0.1) is 12.3 Å². The Bertz CT molecular complexity index is 612. The highest BCUT2D eigenvalue weighted by Crippen LogP contribution is 2.43. The van der Waals surface area contributed by atoms with Crippen molar-refractivity contribution in [2.24, 2.45) is 21.7 Å². The molecular formula is C13H17N5O4. The number of aliphatic imine (C=N–C) groups is 1. The Balaban J connectivity index is 2.01. The summed E-state index contributed by atoms with van der Waals surface area (Å²) >= 11 is 0. The standard InChI is InChI=1S/C13H17N5O4/c1-6-2-7-12(15)16-5-17-18(7)10(6)13(4-14)11(21)9(20)8(3-19)22-13/h2,5-6,8-11,19-21H,3H2,1H3,(H2,15,16,17)/t6?,8-,9-,10?,11-,13+/m1/s1. The molecule has 0 aromatic rings. The zero-order chi connectivity index (χ0) is 16.1. The first-order valence-electron chi connectivity index (χ1n) is 6.89. The van der Waals surface area contributed by atoms with Gasteiger partial charge in [-0.25, -0.2) is 4.99 Å². The number of nitriles is 1. The maximum absolute atomic E-state index is 10.4. The third kappa shape index (κ3) is 1.79. The van der Waals surface area contributed by atoms with Gasteiger partial charge in [-0.15, -0.1) is 0 Å². The lowest BCUT2D eigenvalue weighted by molar-refractivity contribution is -0.100. The second-order valence-electron chi connectivity index (χ2n) is 5.62. The number of fused-ring (bicyclic) bond motifs is 1. The van der Waals surface area contributed by atoms with Crippen molar-refractivity contribution in [2.75, 3.05) is 6.61 Å². The predicted octanol–water partition coefficient (Wildman–Crippen LogP) is -2.12. The van der Waals surface area contributed by atoms with Crippen molar-refractivity contribution in [1.82, 2.24) is 5.01 Å². The topological polar surface area (TPSA) is 148 Å². The van der Waals surface area contributed by atoms with E-state index < -0.39 is 36.6 Å². The van der Waals surface area contributed by atoms with Gasteiger partial charge in [-0.2, -0.15) is 10.4 Å². The largest absolute Gasteiger partial charge is 0.394 e. The molecule has 9 heteroatoms. The van der Waals surface area contributed by atoms with Crippen LogP contribution in [-0.2, 0) is 4.74 Å². The number of hydrogen-bond donors (Lipinski definition) is 4. The maximum Gasteiger partial charge on any atom is 0.205 e. The van der Waals surface area contributed by atoms with Gasteiger partial charge in [0.25, 0.3) is 0 Å². The molecule has 0 bridgehead atoms. The van der Waals surface area contributed by atoms with Crippen molar-refractivity contribution >= 4 is 12.2 Å². The third-order valence-electron chi connectivity index (χ3n) is 4.35. The highest BCUT2D eigenvalue weighted by atomic mass is 16.6. The van der Waals surface area contributed by atoms with Gasteiger partial charge in [-0.05, 0) is 0 Å². The second kappa shape index (κ2) is 5.03. The highest BCUT2D eigenvalue weighted by Gasteiger charge is 2.63. The molecule has 9 nitrogen and oxygen atoms in total. The quantitative estimate of drug-likeness (QED) is 0.456. The van der Waals surface area contributed by atoms with Gasteiger partial charge >= 0.3 is 0 Å². The number of nitrogens with zero attached hydrogens (tertiary/aromatic N) is 4. The first-order valence-corrected chi connectivity index (χ1v) is 6.89. The molecular weight excluding hydrogens is 290 g/mol. The molecule has 22 heavy (non-hydrogen) atoms. The third-order valence-corrected chi connectivity index (χ3v) is 4.35. The summed E-state index contributed by atoms with van der Waals surface area (Å²) in [6.45, 7) is 1.32. The minimum atomic E-state index is -1.74. The predicted molar refractivity (Wildman–Crippen MR) is 75.3 cm³/mol. The van der Waals surface area contributed by atoms with E-state index in [2.05, 4.69) is 10.1 Å². The van der Waals surface area contributed by atoms with E-state index in [9.17, 15) is 20.6 Å². The molecule has 0 saturated carbocycles. The van der Waals surface area contributed by atoms with Gasteiger partial charge in [0.2, 0.25) is 5.60 Å². The fraction of sp³-hybridized carbons (Fsp3) is 0.615. The molecule has 0 amide bonds. The van der Waals surface area contributed by atoms with Crippen LogP contribution in [0.25, 0.3) is 0 Å². The van der Waals surface area contributed by atoms with Crippen LogP contribution in [0, 0.1) is 17.2 Å². The number of hydrogen-bond acceptors (Lipinski definition) is 9. The summed E-state index contributed by atoms with van der Waals surface area (Å²) in [7, 11) is 0. The van der Waals surface area contributed by atoms with Crippen LogP contribution in [0.4, 0.5) is 0 Å². The van der Waals surface area contributed by atoms with Crippen LogP contribution in [0.2, 0.25) is 0 Å². The number of nitrogens with two attached hydrogens (primary N) is 1. The molecule has 2 unspecified atom stereocenters. The minimum absolute atomic E-state index is 0.238. The highest BCUT2D eigenvalue weighted by molar-refractivity contribution is 6.02. The minimum Gasteiger partial charge on any atom is -0.394 e. The molecule has 5 N–H and O–H groups in total. The summed E-state index contributed by atoms with van der Waals surface area (Å²) in [5.41, 5.74) is 4.61. The Labute approximate surface area is 126 Å². The average Bonchev–Trinajstić information content (AvgIpc) is 2.97. The summed E-state index contributed by atoms with van der Waals surface area (Å²) < 4.78 is 5.57. The monoisotopic (exact) mass is 307 g/mol. The molecule has 1 saturated heterocycles. The maximum atomic E-state index is 10.4. The van der Waals surface area contributed by atoms with E-state index in [1.165, 1.54) is 11.3 Å². The van der Waals surface area contributed by atoms with Crippen molar-refractivity contribution < 1.29 is 20.1 Å². The molecule has 3 aliphatic heterocycles. The number of amidine groups is 1. The molecule has 0 aromatic heterocycles. The van der Waals surface area contributed by atoms with E-state index in [0.29, 0.717) is 5.70 Å². The molecule has 0 aliphatic carbocycles. The first kappa shape index (κ1) is 14.9. The number of aliphatic hydroxyl groups excluding tert-OH is 3. The molecule has 0 radical (unpaired) electrons. The summed E-state index contributed by atoms with van der Waals surface area (Å²) in [5.74, 6) is 0.0159. The number of aliphatic hydroxyl groups is 3. The Morgan fingerprint density at radius 1 is 1.55 bits per heavy atom. The van der Waals surface area contributed by atoms with Crippen LogP contribution in [0.15, 0.2) is 21.9 Å². The van der Waals surface area contributed by atoms with E-state index in [-0.39, 0.29) is 11.8 Å². The Morgan fingerprint density at radius 2 is 2.27 bits per heavy atom. The van der Waals surface area contributed by atoms with Crippen molar-refractivity contribution in [3.05, 3.63) is 11.8 Å². The lowest BCUT2D eigenvalue weighted by Crippen LogP contribution is -2.58. The summed E-state index contributed by atoms with van der Waals surface area (Å²) in [6.07, 6.45) is -0.839. The molecule has 118 valence electrons. The van der Waals surface area contributed by atoms with Crippen LogP contribution in [-0.4, -0.2) is 69.1 Å². The van der Waals surface area contributed by atoms with Crippen molar-refractivity contribution in [2.45, 2.75) is 36.9 Å². The van der Waals surface area contributed by atoms with Crippen LogP contribution in [0.3, 0.4) is 0 Å². The molecule has 3 heterocycles. The van der Waals surface area contributed by atoms with Crippen molar-refractivity contribution in [1.29, 1.82) is 5.26 Å². The average molecular weight is 307 g/mol. The lowest BCUT2D eigenvalue weighted by atomic mass is 9.82. The molecule has 3 aliphatic rings. The molecule has 3 rings (SSSR count). The van der Waals surface area contributed by atoms with Gasteiger partial charge in [-0.1, -0.05) is 13.0 Å². The van der Waals surface area contributed by atoms with Crippen LogP contribution in [0.5, 0.6) is 0 Å². The van der Waals surface area contributed by atoms with E-state index in [1.807, 2.05) is 13.0 Å². The summed E-state index contributed by atoms with van der Waals surface area (Å²) in [6, 6.07) is 1.27. The molecule has 1 fully saturated rings. The van der Waals surface area contributed by atoms with Gasteiger partial charge in [0.1, 0.15) is 36.8 Å². The zero-order valence-corrected chi connectivity index (χ0v) is 11.9. The Morgan fingerprint density at radius 3 is 2.86 bits per heavy atom. The van der Waals surface area contributed by atoms with Gasteiger partial charge in [0.15, 0.2) is 5.84 Å². The van der Waals surface area contributed by atoms with Crippen LogP contribution in [0.1, 0.15) is 6.92 Å². The number of hydrazone groups is 1. The summed E-state index contributed by atoms with van der Waals surface area (Å²) in [4.78, 5) is 3.90. The number of ether oxygens (including phenoxy) is 1. The Hall–Kier alpha value is -1.99. The van der Waals surface area contributed by atoms with Gasteiger partial charge in [0, 0.05) is 5.92 Å². The Kier molecular flexibility index (Phi) is 3.41. The van der Waals surface area contributed by atoms with Gasteiger partial charge in [-0.3, -0.25) is 5.01 Å². The first-order chi connectivity index (χ1) is 10.5. The van der Waals surface area contributed by atoms with Crippen LogP contribution >= 0.6 is 0 Å². The van der Waals surface area contributed by atoms with E-state index in [1.54, 1.807) is 6.08 Å². The van der Waals surface area contributed by atoms with Crippen LogP contribution < -0.4 is 5.73 Å². The zero-order valence-electron chi connectivity index (χ0n) is 11.9. The fourth-order valence-electron chi connectivity index (χ4n) is 3.30. The van der Waals surface area contributed by atoms with E-state index in [0.717, 1.165) is 0 Å². The smallest absolute Gasteiger partial charge is 0.205 e. The van der Waals surface area contributed by atoms with Crippen molar-refractivity contribution in [3.8, 4) is 6.07 Å². The molecule has 6 atom stereocenters. The summed E-state index contributed by atoms with van der Waals surface area (Å²) in [5, 5.41) is 44.9. The van der Waals surface area contributed by atoms with Gasteiger partial charge < -0.3 is 25.8 Å². The lowest BCUT2D eigenvalue weighted by Gasteiger charge is -2.38. The fourth-order valence-corrected chi connectivity index (χ4v) is 3.30. The SMILES string of the molecule is CC1C=C2C(N)=NC=NN2C1[C@]1(C#N)O[C@H](CO)[C@@H](O)[C@H]1O. The number of rotatable bonds is 2. The van der Waals surface area contributed by atoms with E-state index in [4.69, 9.17) is 10.5 Å². The second-order valence-corrected chi connectivity index (χ2v) is 5.62.